The van der Waals surface area contributed by atoms with Crippen molar-refractivity contribution in [2.45, 2.75) is 25.8 Å². The smallest absolute Gasteiger partial charge is 0.328 e. The fourth-order valence-electron chi connectivity index (χ4n) is 4.24. The van der Waals surface area contributed by atoms with E-state index in [-0.39, 0.29) is 12.1 Å². The lowest BCUT2D eigenvalue weighted by Gasteiger charge is -2.31. The van der Waals surface area contributed by atoms with Gasteiger partial charge in [-0.05, 0) is 50.1 Å². The number of nitrogens with one attached hydrogen (secondary N) is 1. The molecule has 0 saturated carbocycles. The molecule has 1 fully saturated rings. The summed E-state index contributed by atoms with van der Waals surface area (Å²) in [5, 5.41) is 2.95. The summed E-state index contributed by atoms with van der Waals surface area (Å²) in [6.45, 7) is 3.96. The number of aryl methyl sites for hydroxylation is 1. The molecule has 6 nitrogen and oxygen atoms in total. The summed E-state index contributed by atoms with van der Waals surface area (Å²) in [4.78, 5) is 26.7. The standard InChI is InChI=1S/C23H23N5O/c1-16-5-4-6-17(15-16)19-8-9-20-22(25-19)28(18-10-13-27(20)14-11-18)23(29)26-21-7-2-3-12-24-21/h2-9,12,15,18H,10-11,13-14H2,1H3,(H,24,26,29). The number of benzene rings is 1. The molecule has 0 unspecified atom stereocenters. The third-order valence-electron chi connectivity index (χ3n) is 5.69. The molecule has 6 heteroatoms. The number of carbonyl (C=O) groups is 1. The largest absolute Gasteiger partial charge is 0.368 e. The molecular formula is C23H23N5O. The SMILES string of the molecule is Cc1cccc(-c2ccc3c(n2)N(C(=O)Nc2ccccn2)C2CCN3CC2)c1. The Hall–Kier alpha value is -3.41. The van der Waals surface area contributed by atoms with Crippen LogP contribution in [0.15, 0.2) is 60.8 Å². The minimum atomic E-state index is -0.174. The van der Waals surface area contributed by atoms with Crippen molar-refractivity contribution in [1.82, 2.24) is 9.97 Å². The van der Waals surface area contributed by atoms with Gasteiger partial charge in [-0.2, -0.15) is 0 Å². The van der Waals surface area contributed by atoms with Gasteiger partial charge in [-0.25, -0.2) is 14.8 Å². The Kier molecular flexibility index (Phi) is 4.39. The molecule has 29 heavy (non-hydrogen) atoms. The lowest BCUT2D eigenvalue weighted by Crippen LogP contribution is -2.46. The molecule has 1 N–H and O–H groups in total. The van der Waals surface area contributed by atoms with E-state index in [1.54, 1.807) is 12.3 Å². The highest BCUT2D eigenvalue weighted by Gasteiger charge is 2.37. The lowest BCUT2D eigenvalue weighted by atomic mass is 10.1. The summed E-state index contributed by atoms with van der Waals surface area (Å²) >= 11 is 0. The molecule has 1 aromatic carbocycles. The maximum Gasteiger partial charge on any atom is 0.328 e. The fourth-order valence-corrected chi connectivity index (χ4v) is 4.24. The van der Waals surface area contributed by atoms with Crippen LogP contribution in [-0.2, 0) is 0 Å². The summed E-state index contributed by atoms with van der Waals surface area (Å²) in [7, 11) is 0. The average Bonchev–Trinajstić information content (AvgIpc) is 3.00. The van der Waals surface area contributed by atoms with E-state index < -0.39 is 0 Å². The first-order valence-corrected chi connectivity index (χ1v) is 10.0. The summed E-state index contributed by atoms with van der Waals surface area (Å²) in [6.07, 6.45) is 3.55. The third kappa shape index (κ3) is 3.31. The van der Waals surface area contributed by atoms with E-state index in [0.717, 1.165) is 48.7 Å². The van der Waals surface area contributed by atoms with Gasteiger partial charge in [-0.15, -0.1) is 0 Å². The van der Waals surface area contributed by atoms with E-state index >= 15 is 0 Å². The second kappa shape index (κ2) is 7.20. The number of fused-ring (bicyclic) bond motifs is 2. The van der Waals surface area contributed by atoms with Crippen LogP contribution in [0.5, 0.6) is 0 Å². The molecule has 2 amide bonds. The number of carbonyl (C=O) groups excluding carboxylic acids is 1. The number of aromatic nitrogens is 2. The van der Waals surface area contributed by atoms with Crippen molar-refractivity contribution in [3.8, 4) is 11.3 Å². The van der Waals surface area contributed by atoms with Crippen molar-refractivity contribution in [3.63, 3.8) is 0 Å². The molecule has 0 aliphatic carbocycles. The van der Waals surface area contributed by atoms with Gasteiger partial charge in [-0.1, -0.05) is 29.8 Å². The van der Waals surface area contributed by atoms with Crippen molar-refractivity contribution in [1.29, 1.82) is 0 Å². The van der Waals surface area contributed by atoms with Crippen LogP contribution in [0.25, 0.3) is 11.3 Å². The highest BCUT2D eigenvalue weighted by Crippen LogP contribution is 2.39. The number of pyridine rings is 2. The number of hydrogen-bond acceptors (Lipinski definition) is 4. The Morgan fingerprint density at radius 1 is 1.07 bits per heavy atom. The first kappa shape index (κ1) is 17.7. The van der Waals surface area contributed by atoms with Crippen molar-refractivity contribution >= 4 is 23.4 Å². The first-order chi connectivity index (χ1) is 14.2. The van der Waals surface area contributed by atoms with Gasteiger partial charge in [0.15, 0.2) is 5.82 Å². The van der Waals surface area contributed by atoms with Crippen molar-refractivity contribution in [3.05, 3.63) is 66.4 Å². The molecular weight excluding hydrogens is 362 g/mol. The van der Waals surface area contributed by atoms with Gasteiger partial charge in [-0.3, -0.25) is 10.2 Å². The van der Waals surface area contributed by atoms with E-state index in [1.807, 2.05) is 23.1 Å². The average molecular weight is 385 g/mol. The van der Waals surface area contributed by atoms with Gasteiger partial charge in [0.05, 0.1) is 11.4 Å². The van der Waals surface area contributed by atoms with E-state index in [2.05, 4.69) is 52.5 Å². The number of hydrogen-bond donors (Lipinski definition) is 1. The highest BCUT2D eigenvalue weighted by atomic mass is 16.2. The lowest BCUT2D eigenvalue weighted by molar-refractivity contribution is 0.253. The van der Waals surface area contributed by atoms with Crippen LogP contribution < -0.4 is 15.1 Å². The number of anilines is 3. The highest BCUT2D eigenvalue weighted by molar-refractivity contribution is 6.03. The van der Waals surface area contributed by atoms with Crippen molar-refractivity contribution in [2.24, 2.45) is 0 Å². The maximum absolute atomic E-state index is 13.3. The predicted octanol–water partition coefficient (Wildman–Crippen LogP) is 4.47. The molecule has 2 aromatic heterocycles. The summed E-state index contributed by atoms with van der Waals surface area (Å²) in [5.41, 5.74) is 4.15. The number of urea groups is 1. The van der Waals surface area contributed by atoms with E-state index in [4.69, 9.17) is 4.98 Å². The molecule has 146 valence electrons. The van der Waals surface area contributed by atoms with Crippen LogP contribution >= 0.6 is 0 Å². The minimum absolute atomic E-state index is 0.136. The molecule has 1 saturated heterocycles. The minimum Gasteiger partial charge on any atom is -0.368 e. The monoisotopic (exact) mass is 385 g/mol. The van der Waals surface area contributed by atoms with Crippen LogP contribution in [0.4, 0.5) is 22.1 Å². The molecule has 0 spiro atoms. The van der Waals surface area contributed by atoms with Gasteiger partial charge in [0.1, 0.15) is 5.82 Å². The zero-order chi connectivity index (χ0) is 19.8. The number of piperidine rings is 1. The molecule has 3 aliphatic heterocycles. The van der Waals surface area contributed by atoms with Crippen LogP contribution in [0.2, 0.25) is 0 Å². The summed E-state index contributed by atoms with van der Waals surface area (Å²) in [5.74, 6) is 1.28. The molecule has 0 radical (unpaired) electrons. The molecule has 3 aliphatic rings. The summed E-state index contributed by atoms with van der Waals surface area (Å²) < 4.78 is 0. The van der Waals surface area contributed by atoms with Gasteiger partial charge in [0, 0.05) is 30.9 Å². The second-order valence-electron chi connectivity index (χ2n) is 7.64. The zero-order valence-corrected chi connectivity index (χ0v) is 16.4. The van der Waals surface area contributed by atoms with Crippen LogP contribution in [0, 0.1) is 6.92 Å². The third-order valence-corrected chi connectivity index (χ3v) is 5.69. The van der Waals surface area contributed by atoms with Crippen LogP contribution in [-0.4, -0.2) is 35.1 Å². The Bertz CT molecular complexity index is 1040. The maximum atomic E-state index is 13.3. The first-order valence-electron chi connectivity index (χ1n) is 10.0. The topological polar surface area (TPSA) is 61.4 Å². The van der Waals surface area contributed by atoms with Gasteiger partial charge >= 0.3 is 6.03 Å². The Balaban J connectivity index is 1.57. The molecule has 5 heterocycles. The molecule has 6 rings (SSSR count). The number of nitrogens with zero attached hydrogens (tertiary/aromatic N) is 4. The van der Waals surface area contributed by atoms with Crippen molar-refractivity contribution < 1.29 is 4.79 Å². The summed E-state index contributed by atoms with van der Waals surface area (Å²) in [6, 6.07) is 17.9. The Labute approximate surface area is 170 Å². The Morgan fingerprint density at radius 3 is 2.69 bits per heavy atom. The van der Waals surface area contributed by atoms with Gasteiger partial charge in [0.25, 0.3) is 0 Å². The number of rotatable bonds is 2. The normalized spacial score (nSPS) is 15.8. The number of amides is 2. The van der Waals surface area contributed by atoms with E-state index in [9.17, 15) is 4.79 Å². The second-order valence-corrected chi connectivity index (χ2v) is 7.64. The van der Waals surface area contributed by atoms with E-state index in [0.29, 0.717) is 5.82 Å². The van der Waals surface area contributed by atoms with E-state index in [1.165, 1.54) is 5.56 Å². The van der Waals surface area contributed by atoms with Crippen LogP contribution in [0.1, 0.15) is 18.4 Å². The van der Waals surface area contributed by atoms with Crippen LogP contribution in [0.3, 0.4) is 0 Å². The molecule has 2 bridgehead atoms. The molecule has 0 atom stereocenters. The molecule has 3 aromatic rings. The Morgan fingerprint density at radius 2 is 1.93 bits per heavy atom. The van der Waals surface area contributed by atoms with Crippen molar-refractivity contribution in [2.75, 3.05) is 28.2 Å². The fraction of sp³-hybridized carbons (Fsp3) is 0.261. The predicted molar refractivity (Wildman–Crippen MR) is 115 cm³/mol. The van der Waals surface area contributed by atoms with Gasteiger partial charge < -0.3 is 4.90 Å². The van der Waals surface area contributed by atoms with Gasteiger partial charge in [0.2, 0.25) is 0 Å². The quantitative estimate of drug-likeness (QED) is 0.707. The zero-order valence-electron chi connectivity index (χ0n) is 16.4.